The molecule has 2 rings (SSSR count). The molecular weight excluding hydrogens is 176 g/mol. The van der Waals surface area contributed by atoms with Gasteiger partial charge < -0.3 is 4.74 Å². The highest BCUT2D eigenvalue weighted by Crippen LogP contribution is 2.24. The predicted molar refractivity (Wildman–Crippen MR) is 45.2 cm³/mol. The summed E-state index contributed by atoms with van der Waals surface area (Å²) < 4.78 is 5.24. The van der Waals surface area contributed by atoms with E-state index in [1.807, 2.05) is 6.07 Å². The van der Waals surface area contributed by atoms with E-state index in [1.165, 1.54) is 0 Å². The largest absolute Gasteiger partial charge is 0.381 e. The fourth-order valence-corrected chi connectivity index (χ4v) is 1.48. The second-order valence-corrected chi connectivity index (χ2v) is 3.30. The van der Waals surface area contributed by atoms with Crippen molar-refractivity contribution in [3.05, 3.63) is 23.0 Å². The lowest BCUT2D eigenvalue weighted by Gasteiger charge is -2.04. The van der Waals surface area contributed by atoms with Gasteiger partial charge in [0.15, 0.2) is 0 Å². The van der Waals surface area contributed by atoms with Gasteiger partial charge in [0, 0.05) is 12.5 Å². The number of hydrogen-bond donors (Lipinski definition) is 0. The molecule has 2 heterocycles. The van der Waals surface area contributed by atoms with E-state index in [1.54, 1.807) is 6.20 Å². The number of halogens is 1. The Morgan fingerprint density at radius 3 is 3.17 bits per heavy atom. The first kappa shape index (κ1) is 7.95. The van der Waals surface area contributed by atoms with Crippen LogP contribution in [0.1, 0.15) is 18.0 Å². The molecule has 12 heavy (non-hydrogen) atoms. The van der Waals surface area contributed by atoms with Crippen molar-refractivity contribution >= 4 is 11.6 Å². The third-order valence-corrected chi connectivity index (χ3v) is 2.19. The Labute approximate surface area is 75.7 Å². The third-order valence-electron chi connectivity index (χ3n) is 1.99. The van der Waals surface area contributed by atoms with Gasteiger partial charge in [-0.2, -0.15) is 10.2 Å². The number of aromatic nitrogens is 2. The summed E-state index contributed by atoms with van der Waals surface area (Å²) in [6, 6.07) is 1.86. The lowest BCUT2D eigenvalue weighted by atomic mass is 10.1. The standard InChI is InChI=1S/C8H9ClN2O/c9-7-3-8(11-10-4-7)6-1-2-12-5-6/h3-4,6H,1-2,5H2. The average Bonchev–Trinajstić information content (AvgIpc) is 2.56. The highest BCUT2D eigenvalue weighted by atomic mass is 35.5. The van der Waals surface area contributed by atoms with E-state index in [9.17, 15) is 0 Å². The lowest BCUT2D eigenvalue weighted by Crippen LogP contribution is -2.01. The Kier molecular flexibility index (Phi) is 2.23. The predicted octanol–water partition coefficient (Wildman–Crippen LogP) is 1.63. The van der Waals surface area contributed by atoms with E-state index in [2.05, 4.69) is 10.2 Å². The zero-order chi connectivity index (χ0) is 8.39. The molecule has 1 aromatic heterocycles. The Morgan fingerprint density at radius 2 is 2.50 bits per heavy atom. The first-order chi connectivity index (χ1) is 5.86. The minimum absolute atomic E-state index is 0.385. The van der Waals surface area contributed by atoms with Crippen molar-refractivity contribution in [2.24, 2.45) is 0 Å². The van der Waals surface area contributed by atoms with Crippen LogP contribution in [0.15, 0.2) is 12.3 Å². The molecule has 1 saturated heterocycles. The van der Waals surface area contributed by atoms with Gasteiger partial charge in [-0.3, -0.25) is 0 Å². The number of nitrogens with zero attached hydrogens (tertiary/aromatic N) is 2. The zero-order valence-electron chi connectivity index (χ0n) is 6.53. The van der Waals surface area contributed by atoms with Crippen LogP contribution in [0.2, 0.25) is 5.02 Å². The Bertz CT molecular complexity index is 274. The van der Waals surface area contributed by atoms with Gasteiger partial charge in [-0.05, 0) is 12.5 Å². The van der Waals surface area contributed by atoms with Crippen LogP contribution in [-0.2, 0) is 4.74 Å². The molecule has 4 heteroatoms. The molecule has 0 radical (unpaired) electrons. The van der Waals surface area contributed by atoms with Crippen molar-refractivity contribution in [2.75, 3.05) is 13.2 Å². The molecule has 3 nitrogen and oxygen atoms in total. The maximum absolute atomic E-state index is 5.78. The van der Waals surface area contributed by atoms with E-state index >= 15 is 0 Å². The highest BCUT2D eigenvalue weighted by molar-refractivity contribution is 6.30. The van der Waals surface area contributed by atoms with Crippen molar-refractivity contribution in [2.45, 2.75) is 12.3 Å². The number of ether oxygens (including phenoxy) is 1. The molecule has 1 unspecified atom stereocenters. The summed E-state index contributed by atoms with van der Waals surface area (Å²) in [4.78, 5) is 0. The molecule has 0 N–H and O–H groups in total. The first-order valence-electron chi connectivity index (χ1n) is 3.92. The maximum atomic E-state index is 5.78. The monoisotopic (exact) mass is 184 g/mol. The SMILES string of the molecule is Clc1cnnc(C2CCOC2)c1. The van der Waals surface area contributed by atoms with Crippen molar-refractivity contribution in [1.29, 1.82) is 0 Å². The Morgan fingerprint density at radius 1 is 1.58 bits per heavy atom. The normalized spacial score (nSPS) is 22.9. The summed E-state index contributed by atoms with van der Waals surface area (Å²) in [5.41, 5.74) is 0.944. The molecule has 1 aliphatic heterocycles. The minimum atomic E-state index is 0.385. The molecule has 0 aliphatic carbocycles. The molecule has 1 atom stereocenters. The van der Waals surface area contributed by atoms with Crippen LogP contribution in [-0.4, -0.2) is 23.4 Å². The quantitative estimate of drug-likeness (QED) is 0.666. The van der Waals surface area contributed by atoms with Crippen LogP contribution in [0.25, 0.3) is 0 Å². The van der Waals surface area contributed by atoms with E-state index in [0.717, 1.165) is 25.3 Å². The van der Waals surface area contributed by atoms with Gasteiger partial charge in [0.25, 0.3) is 0 Å². The molecule has 0 spiro atoms. The van der Waals surface area contributed by atoms with Gasteiger partial charge in [-0.15, -0.1) is 0 Å². The van der Waals surface area contributed by atoms with Crippen LogP contribution < -0.4 is 0 Å². The van der Waals surface area contributed by atoms with Crippen molar-refractivity contribution in [3.63, 3.8) is 0 Å². The van der Waals surface area contributed by atoms with E-state index < -0.39 is 0 Å². The molecule has 1 aromatic rings. The van der Waals surface area contributed by atoms with E-state index in [4.69, 9.17) is 16.3 Å². The van der Waals surface area contributed by atoms with Crippen LogP contribution in [0.3, 0.4) is 0 Å². The fourth-order valence-electron chi connectivity index (χ4n) is 1.33. The van der Waals surface area contributed by atoms with Crippen molar-refractivity contribution in [1.82, 2.24) is 10.2 Å². The number of rotatable bonds is 1. The summed E-state index contributed by atoms with van der Waals surface area (Å²) in [6.07, 6.45) is 2.57. The molecule has 64 valence electrons. The highest BCUT2D eigenvalue weighted by Gasteiger charge is 2.19. The molecular formula is C8H9ClN2O. The van der Waals surface area contributed by atoms with E-state index in [0.29, 0.717) is 10.9 Å². The molecule has 1 aliphatic rings. The smallest absolute Gasteiger partial charge is 0.0700 e. The second kappa shape index (κ2) is 3.37. The summed E-state index contributed by atoms with van der Waals surface area (Å²) >= 11 is 5.78. The van der Waals surface area contributed by atoms with Gasteiger partial charge in [-0.1, -0.05) is 11.6 Å². The Hall–Kier alpha value is -0.670. The van der Waals surface area contributed by atoms with Gasteiger partial charge in [0.05, 0.1) is 23.5 Å². The molecule has 0 amide bonds. The van der Waals surface area contributed by atoms with Crippen molar-refractivity contribution < 1.29 is 4.74 Å². The second-order valence-electron chi connectivity index (χ2n) is 2.86. The van der Waals surface area contributed by atoms with Gasteiger partial charge in [0.1, 0.15) is 0 Å². The molecule has 1 fully saturated rings. The summed E-state index contributed by atoms with van der Waals surface area (Å²) in [5.74, 6) is 0.385. The van der Waals surface area contributed by atoms with Gasteiger partial charge in [0.2, 0.25) is 0 Å². The molecule has 0 aromatic carbocycles. The summed E-state index contributed by atoms with van der Waals surface area (Å²) in [6.45, 7) is 1.56. The van der Waals surface area contributed by atoms with Crippen LogP contribution in [0.4, 0.5) is 0 Å². The molecule has 0 bridgehead atoms. The van der Waals surface area contributed by atoms with Crippen LogP contribution in [0, 0.1) is 0 Å². The van der Waals surface area contributed by atoms with Gasteiger partial charge >= 0.3 is 0 Å². The molecule has 0 saturated carbocycles. The van der Waals surface area contributed by atoms with Crippen LogP contribution >= 0.6 is 11.6 Å². The number of hydrogen-bond acceptors (Lipinski definition) is 3. The Balaban J connectivity index is 2.21. The summed E-state index contributed by atoms with van der Waals surface area (Å²) in [7, 11) is 0. The first-order valence-corrected chi connectivity index (χ1v) is 4.30. The minimum Gasteiger partial charge on any atom is -0.381 e. The average molecular weight is 185 g/mol. The maximum Gasteiger partial charge on any atom is 0.0700 e. The van der Waals surface area contributed by atoms with Gasteiger partial charge in [-0.25, -0.2) is 0 Å². The van der Waals surface area contributed by atoms with E-state index in [-0.39, 0.29) is 0 Å². The van der Waals surface area contributed by atoms with Crippen LogP contribution in [0.5, 0.6) is 0 Å². The topological polar surface area (TPSA) is 35.0 Å². The fraction of sp³-hybridized carbons (Fsp3) is 0.500. The lowest BCUT2D eigenvalue weighted by molar-refractivity contribution is 0.193. The third kappa shape index (κ3) is 1.57. The van der Waals surface area contributed by atoms with Crippen molar-refractivity contribution in [3.8, 4) is 0 Å². The summed E-state index contributed by atoms with van der Waals surface area (Å²) in [5, 5.41) is 8.44. The zero-order valence-corrected chi connectivity index (χ0v) is 7.29.